The van der Waals surface area contributed by atoms with Gasteiger partial charge in [0.2, 0.25) is 0 Å². The van der Waals surface area contributed by atoms with E-state index in [1.807, 2.05) is 0 Å². The van der Waals surface area contributed by atoms with Crippen LogP contribution in [0.2, 0.25) is 5.02 Å². The number of ether oxygens (including phenoxy) is 1. The van der Waals surface area contributed by atoms with E-state index in [4.69, 9.17) is 16.3 Å². The van der Waals surface area contributed by atoms with E-state index in [1.165, 1.54) is 19.2 Å². The number of carbonyl (C=O) groups is 2. The van der Waals surface area contributed by atoms with E-state index in [9.17, 15) is 14.7 Å². The number of aromatic carboxylic acids is 1. The molecule has 0 saturated heterocycles. The van der Waals surface area contributed by atoms with Crippen LogP contribution < -0.4 is 0 Å². The number of carbonyl (C=O) groups excluding carboxylic acids is 1. The molecule has 0 bridgehead atoms. The molecule has 23 heavy (non-hydrogen) atoms. The van der Waals surface area contributed by atoms with Gasteiger partial charge in [0.25, 0.3) is 0 Å². The highest BCUT2D eigenvalue weighted by atomic mass is 35.5. The molecular formula is C17H12ClNO4. The van der Waals surface area contributed by atoms with Crippen LogP contribution in [0.4, 0.5) is 0 Å². The van der Waals surface area contributed by atoms with Crippen LogP contribution in [0.15, 0.2) is 48.7 Å². The third-order valence-corrected chi connectivity index (χ3v) is 3.80. The molecule has 0 spiro atoms. The summed E-state index contributed by atoms with van der Waals surface area (Å²) < 4.78 is 6.54. The summed E-state index contributed by atoms with van der Waals surface area (Å²) in [6, 6.07) is 11.5. The number of carboxylic acid groups (broad SMARTS) is 1. The predicted octanol–water partition coefficient (Wildman–Crippen LogP) is 3.74. The molecule has 0 unspecified atom stereocenters. The minimum atomic E-state index is -1.07. The maximum atomic E-state index is 12.0. The zero-order chi connectivity index (χ0) is 16.6. The Bertz CT molecular complexity index is 929. The van der Waals surface area contributed by atoms with Gasteiger partial charge < -0.3 is 14.2 Å². The zero-order valence-corrected chi connectivity index (χ0v) is 12.9. The Hall–Kier alpha value is -2.79. The predicted molar refractivity (Wildman–Crippen MR) is 86.1 cm³/mol. The van der Waals surface area contributed by atoms with Crippen LogP contribution >= 0.6 is 11.6 Å². The van der Waals surface area contributed by atoms with Crippen LogP contribution in [-0.4, -0.2) is 28.6 Å². The van der Waals surface area contributed by atoms with Crippen LogP contribution in [0, 0.1) is 0 Å². The quantitative estimate of drug-likeness (QED) is 0.743. The summed E-state index contributed by atoms with van der Waals surface area (Å²) in [6.07, 6.45) is 1.75. The van der Waals surface area contributed by atoms with Gasteiger partial charge in [-0.1, -0.05) is 17.7 Å². The first-order valence-corrected chi connectivity index (χ1v) is 7.12. The molecule has 6 heteroatoms. The van der Waals surface area contributed by atoms with Gasteiger partial charge in [-0.3, -0.25) is 0 Å². The molecular weight excluding hydrogens is 318 g/mol. The number of esters is 1. The Morgan fingerprint density at radius 1 is 1.13 bits per heavy atom. The molecule has 5 nitrogen and oxygen atoms in total. The summed E-state index contributed by atoms with van der Waals surface area (Å²) in [7, 11) is 1.30. The molecule has 1 N–H and O–H groups in total. The van der Waals surface area contributed by atoms with Crippen molar-refractivity contribution in [1.82, 2.24) is 4.40 Å². The Balaban J connectivity index is 2.36. The SMILES string of the molecule is COC(=O)c1cc(-c2cc(Cl)ccc2C(=O)O)n2ccccc12. The first-order chi connectivity index (χ1) is 11.0. The van der Waals surface area contributed by atoms with Crippen LogP contribution in [0.25, 0.3) is 16.8 Å². The number of fused-ring (bicyclic) bond motifs is 1. The van der Waals surface area contributed by atoms with E-state index in [0.717, 1.165) is 0 Å². The molecule has 0 aliphatic carbocycles. The highest BCUT2D eigenvalue weighted by molar-refractivity contribution is 6.31. The van der Waals surface area contributed by atoms with Gasteiger partial charge in [-0.05, 0) is 36.4 Å². The first-order valence-electron chi connectivity index (χ1n) is 6.74. The fourth-order valence-electron chi connectivity index (χ4n) is 2.55. The topological polar surface area (TPSA) is 68.0 Å². The van der Waals surface area contributed by atoms with Crippen molar-refractivity contribution in [1.29, 1.82) is 0 Å². The molecule has 0 saturated carbocycles. The first kappa shape index (κ1) is 15.1. The van der Waals surface area contributed by atoms with Gasteiger partial charge in [0, 0.05) is 16.8 Å². The van der Waals surface area contributed by atoms with Gasteiger partial charge in [-0.25, -0.2) is 9.59 Å². The maximum Gasteiger partial charge on any atom is 0.340 e. The normalized spacial score (nSPS) is 10.7. The molecule has 0 amide bonds. The fraction of sp³-hybridized carbons (Fsp3) is 0.0588. The number of aromatic nitrogens is 1. The average Bonchev–Trinajstić information content (AvgIpc) is 2.93. The van der Waals surface area contributed by atoms with Crippen molar-refractivity contribution in [3.63, 3.8) is 0 Å². The molecule has 3 rings (SSSR count). The van der Waals surface area contributed by atoms with Gasteiger partial charge in [0.1, 0.15) is 0 Å². The average molecular weight is 330 g/mol. The van der Waals surface area contributed by atoms with Crippen molar-refractivity contribution >= 4 is 29.1 Å². The number of pyridine rings is 1. The number of rotatable bonds is 3. The minimum Gasteiger partial charge on any atom is -0.478 e. The number of hydrogen-bond donors (Lipinski definition) is 1. The number of methoxy groups -OCH3 is 1. The van der Waals surface area contributed by atoms with Gasteiger partial charge in [-0.15, -0.1) is 0 Å². The smallest absolute Gasteiger partial charge is 0.340 e. The van der Waals surface area contributed by atoms with Crippen molar-refractivity contribution in [2.45, 2.75) is 0 Å². The second kappa shape index (κ2) is 5.78. The molecule has 116 valence electrons. The van der Waals surface area contributed by atoms with Crippen molar-refractivity contribution < 1.29 is 19.4 Å². The van der Waals surface area contributed by atoms with E-state index in [1.54, 1.807) is 40.9 Å². The molecule has 3 aromatic rings. The van der Waals surface area contributed by atoms with Gasteiger partial charge >= 0.3 is 11.9 Å². The van der Waals surface area contributed by atoms with E-state index in [2.05, 4.69) is 0 Å². The number of hydrogen-bond acceptors (Lipinski definition) is 3. The van der Waals surface area contributed by atoms with Crippen molar-refractivity contribution in [2.75, 3.05) is 7.11 Å². The van der Waals surface area contributed by atoms with Gasteiger partial charge in [-0.2, -0.15) is 0 Å². The zero-order valence-electron chi connectivity index (χ0n) is 12.1. The summed E-state index contributed by atoms with van der Waals surface area (Å²) >= 11 is 6.03. The van der Waals surface area contributed by atoms with E-state index in [-0.39, 0.29) is 5.56 Å². The Morgan fingerprint density at radius 2 is 1.91 bits per heavy atom. The fourth-order valence-corrected chi connectivity index (χ4v) is 2.72. The van der Waals surface area contributed by atoms with E-state index >= 15 is 0 Å². The number of nitrogens with zero attached hydrogens (tertiary/aromatic N) is 1. The summed E-state index contributed by atoms with van der Waals surface area (Å²) in [5, 5.41) is 9.82. The Morgan fingerprint density at radius 3 is 2.61 bits per heavy atom. The largest absolute Gasteiger partial charge is 0.478 e. The molecule has 2 heterocycles. The summed E-state index contributed by atoms with van der Waals surface area (Å²) in [5.74, 6) is -1.55. The summed E-state index contributed by atoms with van der Waals surface area (Å²) in [6.45, 7) is 0. The highest BCUT2D eigenvalue weighted by Crippen LogP contribution is 2.31. The van der Waals surface area contributed by atoms with Crippen molar-refractivity contribution in [2.24, 2.45) is 0 Å². The van der Waals surface area contributed by atoms with E-state index in [0.29, 0.717) is 27.4 Å². The van der Waals surface area contributed by atoms with Crippen LogP contribution in [0.5, 0.6) is 0 Å². The third-order valence-electron chi connectivity index (χ3n) is 3.57. The van der Waals surface area contributed by atoms with Crippen molar-refractivity contribution in [3.05, 3.63) is 64.8 Å². The number of halogens is 1. The monoisotopic (exact) mass is 329 g/mol. The molecule has 2 aromatic heterocycles. The van der Waals surface area contributed by atoms with E-state index < -0.39 is 11.9 Å². The lowest BCUT2D eigenvalue weighted by Gasteiger charge is -2.07. The van der Waals surface area contributed by atoms with Gasteiger partial charge in [0.05, 0.1) is 29.4 Å². The number of carboxylic acids is 1. The second-order valence-electron chi connectivity index (χ2n) is 4.89. The summed E-state index contributed by atoms with van der Waals surface area (Å²) in [4.78, 5) is 23.5. The second-order valence-corrected chi connectivity index (χ2v) is 5.32. The third kappa shape index (κ3) is 2.55. The lowest BCUT2D eigenvalue weighted by molar-refractivity contribution is 0.0602. The van der Waals surface area contributed by atoms with Crippen molar-refractivity contribution in [3.8, 4) is 11.3 Å². The molecule has 0 radical (unpaired) electrons. The maximum absolute atomic E-state index is 12.0. The molecule has 0 atom stereocenters. The molecule has 0 fully saturated rings. The van der Waals surface area contributed by atoms with Crippen LogP contribution in [0.1, 0.15) is 20.7 Å². The molecule has 0 aliphatic rings. The molecule has 1 aromatic carbocycles. The standard InChI is InChI=1S/C17H12ClNO4/c1-23-17(22)13-9-15(19-7-3-2-4-14(13)19)12-8-10(18)5-6-11(12)16(20)21/h2-9H,1H3,(H,20,21). The minimum absolute atomic E-state index is 0.106. The highest BCUT2D eigenvalue weighted by Gasteiger charge is 2.20. The Kier molecular flexibility index (Phi) is 3.80. The summed E-state index contributed by atoms with van der Waals surface area (Å²) in [5.41, 5.74) is 2.08. The number of benzene rings is 1. The van der Waals surface area contributed by atoms with Crippen LogP contribution in [-0.2, 0) is 4.74 Å². The molecule has 0 aliphatic heterocycles. The Labute approximate surface area is 136 Å². The van der Waals surface area contributed by atoms with Crippen LogP contribution in [0.3, 0.4) is 0 Å². The lowest BCUT2D eigenvalue weighted by Crippen LogP contribution is -2.00. The lowest BCUT2D eigenvalue weighted by atomic mass is 10.0. The van der Waals surface area contributed by atoms with Gasteiger partial charge in [0.15, 0.2) is 0 Å².